The van der Waals surface area contributed by atoms with E-state index >= 15 is 0 Å². The standard InChI is InChI=1S/C13H23FO10/c1-13(11(21)10(20)8(18)5(3-16)23-13)24-12-9(19)6(14)7(17)4(2-15)22-12/h4-12,15-21H,2-3H2,1H3. The molecule has 2 aliphatic rings. The quantitative estimate of drug-likeness (QED) is 0.263. The molecule has 142 valence electrons. The predicted octanol–water partition coefficient (Wildman–Crippen LogP) is -4.03. The summed E-state index contributed by atoms with van der Waals surface area (Å²) in [5.41, 5.74) is 0. The topological polar surface area (TPSA) is 169 Å². The molecule has 2 fully saturated rings. The number of rotatable bonds is 4. The molecule has 0 aromatic heterocycles. The monoisotopic (exact) mass is 358 g/mol. The van der Waals surface area contributed by atoms with Crippen molar-refractivity contribution in [2.45, 2.75) is 67.9 Å². The van der Waals surface area contributed by atoms with E-state index in [0.717, 1.165) is 6.92 Å². The van der Waals surface area contributed by atoms with Crippen LogP contribution < -0.4 is 0 Å². The van der Waals surface area contributed by atoms with Crippen LogP contribution in [0, 0.1) is 0 Å². The Balaban J connectivity index is 2.18. The molecule has 0 amide bonds. The average Bonchev–Trinajstić information content (AvgIpc) is 2.57. The maximum atomic E-state index is 13.9. The maximum absolute atomic E-state index is 13.9. The number of alkyl halides is 1. The molecule has 0 spiro atoms. The highest BCUT2D eigenvalue weighted by Crippen LogP contribution is 2.35. The molecule has 11 heteroatoms. The van der Waals surface area contributed by atoms with E-state index in [4.69, 9.17) is 19.3 Å². The van der Waals surface area contributed by atoms with Gasteiger partial charge in [-0.2, -0.15) is 0 Å². The van der Waals surface area contributed by atoms with Crippen molar-refractivity contribution in [3.8, 4) is 0 Å². The van der Waals surface area contributed by atoms with E-state index in [2.05, 4.69) is 0 Å². The lowest BCUT2D eigenvalue weighted by Crippen LogP contribution is -2.67. The summed E-state index contributed by atoms with van der Waals surface area (Å²) in [7, 11) is 0. The van der Waals surface area contributed by atoms with Gasteiger partial charge in [-0.05, 0) is 6.92 Å². The molecule has 2 heterocycles. The van der Waals surface area contributed by atoms with E-state index < -0.39 is 74.2 Å². The summed E-state index contributed by atoms with van der Waals surface area (Å²) in [4.78, 5) is 0. The number of aliphatic hydroxyl groups is 7. The van der Waals surface area contributed by atoms with Gasteiger partial charge in [-0.15, -0.1) is 0 Å². The van der Waals surface area contributed by atoms with Crippen molar-refractivity contribution in [2.75, 3.05) is 13.2 Å². The van der Waals surface area contributed by atoms with Gasteiger partial charge in [0.05, 0.1) is 13.2 Å². The molecule has 10 atom stereocenters. The maximum Gasteiger partial charge on any atom is 0.197 e. The molecule has 7 N–H and O–H groups in total. The smallest absolute Gasteiger partial charge is 0.197 e. The van der Waals surface area contributed by atoms with Crippen molar-refractivity contribution in [2.24, 2.45) is 0 Å². The molecule has 10 nitrogen and oxygen atoms in total. The van der Waals surface area contributed by atoms with Gasteiger partial charge in [-0.25, -0.2) is 4.39 Å². The Kier molecular flexibility index (Phi) is 6.13. The van der Waals surface area contributed by atoms with Gasteiger partial charge in [0.1, 0.15) is 42.7 Å². The normalized spacial score (nSPS) is 53.1. The number of halogens is 1. The zero-order valence-electron chi connectivity index (χ0n) is 12.8. The van der Waals surface area contributed by atoms with Crippen LogP contribution in [-0.2, 0) is 14.2 Å². The number of ether oxygens (including phenoxy) is 3. The fourth-order valence-corrected chi connectivity index (χ4v) is 2.77. The minimum absolute atomic E-state index is 0.707. The molecule has 0 aromatic rings. The zero-order chi connectivity index (χ0) is 18.2. The van der Waals surface area contributed by atoms with Gasteiger partial charge < -0.3 is 50.0 Å². The lowest BCUT2D eigenvalue weighted by atomic mass is 9.93. The SMILES string of the molecule is CC1(OC2OC(CO)C(O)C(F)C2O)OC(CO)C(O)C(O)C1O. The average molecular weight is 358 g/mol. The third kappa shape index (κ3) is 3.42. The predicted molar refractivity (Wildman–Crippen MR) is 72.1 cm³/mol. The van der Waals surface area contributed by atoms with Gasteiger partial charge in [0, 0.05) is 0 Å². The van der Waals surface area contributed by atoms with Crippen LogP contribution in [0.5, 0.6) is 0 Å². The van der Waals surface area contributed by atoms with Crippen molar-refractivity contribution in [3.05, 3.63) is 0 Å². The van der Waals surface area contributed by atoms with Crippen LogP contribution in [0.3, 0.4) is 0 Å². The third-order valence-electron chi connectivity index (χ3n) is 4.31. The highest BCUT2D eigenvalue weighted by molar-refractivity contribution is 4.97. The summed E-state index contributed by atoms with van der Waals surface area (Å²) in [5.74, 6) is -2.07. The summed E-state index contributed by atoms with van der Waals surface area (Å²) < 4.78 is 29.5. The van der Waals surface area contributed by atoms with E-state index in [9.17, 15) is 35.0 Å². The number of hydrogen-bond acceptors (Lipinski definition) is 10. The minimum atomic E-state index is -2.20. The van der Waals surface area contributed by atoms with Crippen LogP contribution in [0.4, 0.5) is 4.39 Å². The lowest BCUT2D eigenvalue weighted by molar-refractivity contribution is -0.414. The zero-order valence-corrected chi connectivity index (χ0v) is 12.8. The van der Waals surface area contributed by atoms with Gasteiger partial charge in [0.15, 0.2) is 18.2 Å². The molecule has 24 heavy (non-hydrogen) atoms. The lowest BCUT2D eigenvalue weighted by Gasteiger charge is -2.49. The first kappa shape index (κ1) is 19.8. The second-order valence-electron chi connectivity index (χ2n) is 6.05. The van der Waals surface area contributed by atoms with E-state index in [0.29, 0.717) is 0 Å². The van der Waals surface area contributed by atoms with E-state index in [1.807, 2.05) is 0 Å². The first-order chi connectivity index (χ1) is 11.2. The van der Waals surface area contributed by atoms with Crippen LogP contribution in [-0.4, -0.2) is 110 Å². The van der Waals surface area contributed by atoms with Crippen LogP contribution >= 0.6 is 0 Å². The molecule has 0 aliphatic carbocycles. The molecular weight excluding hydrogens is 335 g/mol. The molecule has 0 bridgehead atoms. The molecule has 2 rings (SSSR count). The van der Waals surface area contributed by atoms with Gasteiger partial charge in [0.25, 0.3) is 0 Å². The second kappa shape index (κ2) is 7.41. The fraction of sp³-hybridized carbons (Fsp3) is 1.00. The molecular formula is C13H23FO10. The Bertz CT molecular complexity index is 424. The molecule has 2 aliphatic heterocycles. The second-order valence-corrected chi connectivity index (χ2v) is 6.05. The fourth-order valence-electron chi connectivity index (χ4n) is 2.77. The van der Waals surface area contributed by atoms with E-state index in [1.165, 1.54) is 0 Å². The first-order valence-corrected chi connectivity index (χ1v) is 7.43. The molecule has 0 saturated carbocycles. The van der Waals surface area contributed by atoms with E-state index in [1.54, 1.807) is 0 Å². The highest BCUT2D eigenvalue weighted by Gasteiger charge is 2.55. The van der Waals surface area contributed by atoms with Gasteiger partial charge in [0.2, 0.25) is 0 Å². The number of aliphatic hydroxyl groups excluding tert-OH is 7. The van der Waals surface area contributed by atoms with Gasteiger partial charge >= 0.3 is 0 Å². The van der Waals surface area contributed by atoms with E-state index in [-0.39, 0.29) is 0 Å². The van der Waals surface area contributed by atoms with Crippen molar-refractivity contribution < 1.29 is 54.3 Å². The summed E-state index contributed by atoms with van der Waals surface area (Å²) in [6.45, 7) is -0.325. The minimum Gasteiger partial charge on any atom is -0.394 e. The Morgan fingerprint density at radius 3 is 2.04 bits per heavy atom. The van der Waals surface area contributed by atoms with Crippen molar-refractivity contribution in [1.82, 2.24) is 0 Å². The number of hydrogen-bond donors (Lipinski definition) is 7. The van der Waals surface area contributed by atoms with Gasteiger partial charge in [-0.1, -0.05) is 0 Å². The molecule has 0 radical (unpaired) electrons. The summed E-state index contributed by atoms with van der Waals surface area (Å²) in [6.07, 6.45) is -15.6. The van der Waals surface area contributed by atoms with Crippen molar-refractivity contribution in [3.63, 3.8) is 0 Å². The summed E-state index contributed by atoms with van der Waals surface area (Å²) >= 11 is 0. The van der Waals surface area contributed by atoms with Gasteiger partial charge in [-0.3, -0.25) is 0 Å². The Hall–Kier alpha value is -0.470. The third-order valence-corrected chi connectivity index (χ3v) is 4.31. The largest absolute Gasteiger partial charge is 0.394 e. The van der Waals surface area contributed by atoms with Crippen molar-refractivity contribution in [1.29, 1.82) is 0 Å². The van der Waals surface area contributed by atoms with Crippen LogP contribution in [0.15, 0.2) is 0 Å². The van der Waals surface area contributed by atoms with Crippen LogP contribution in [0.1, 0.15) is 6.92 Å². The summed E-state index contributed by atoms with van der Waals surface area (Å²) in [6, 6.07) is 0. The Morgan fingerprint density at radius 1 is 0.917 bits per heavy atom. The summed E-state index contributed by atoms with van der Waals surface area (Å²) in [5, 5.41) is 67.2. The highest BCUT2D eigenvalue weighted by atomic mass is 19.1. The molecule has 0 aromatic carbocycles. The Morgan fingerprint density at radius 2 is 1.50 bits per heavy atom. The molecule has 10 unspecified atom stereocenters. The Labute approximate surface area is 136 Å². The van der Waals surface area contributed by atoms with Crippen molar-refractivity contribution >= 4 is 0 Å². The molecule has 2 saturated heterocycles. The van der Waals surface area contributed by atoms with Crippen LogP contribution in [0.25, 0.3) is 0 Å². The van der Waals surface area contributed by atoms with Crippen LogP contribution in [0.2, 0.25) is 0 Å². The first-order valence-electron chi connectivity index (χ1n) is 7.43.